The van der Waals surface area contributed by atoms with Gasteiger partial charge in [-0.05, 0) is 12.8 Å². The Bertz CT molecular complexity index is 225. The maximum Gasteiger partial charge on any atom is 0.236 e. The monoisotopic (exact) mass is 229 g/mol. The standard InChI is InChI=1S/C11H23N3O2/c1-5-9(6-2)13-10(15)7-12-8-11(16)14(3)4/h9,12H,5-8H2,1-4H3,(H,13,15). The van der Waals surface area contributed by atoms with Crippen LogP contribution in [-0.4, -0.2) is 49.9 Å². The molecule has 0 aromatic rings. The largest absolute Gasteiger partial charge is 0.352 e. The molecule has 0 aliphatic rings. The summed E-state index contributed by atoms with van der Waals surface area (Å²) >= 11 is 0. The highest BCUT2D eigenvalue weighted by Gasteiger charge is 2.09. The van der Waals surface area contributed by atoms with Crippen LogP contribution < -0.4 is 10.6 Å². The molecule has 0 unspecified atom stereocenters. The molecule has 0 radical (unpaired) electrons. The van der Waals surface area contributed by atoms with Gasteiger partial charge in [-0.25, -0.2) is 0 Å². The smallest absolute Gasteiger partial charge is 0.236 e. The Labute approximate surface area is 97.6 Å². The Kier molecular flexibility index (Phi) is 7.54. The summed E-state index contributed by atoms with van der Waals surface area (Å²) in [6.07, 6.45) is 1.86. The molecule has 0 saturated heterocycles. The number of carbonyl (C=O) groups excluding carboxylic acids is 2. The summed E-state index contributed by atoms with van der Waals surface area (Å²) in [6, 6.07) is 0.235. The van der Waals surface area contributed by atoms with Gasteiger partial charge in [0.2, 0.25) is 11.8 Å². The highest BCUT2D eigenvalue weighted by atomic mass is 16.2. The first-order chi connectivity index (χ1) is 7.51. The van der Waals surface area contributed by atoms with Crippen molar-refractivity contribution in [3.05, 3.63) is 0 Å². The normalized spacial score (nSPS) is 10.3. The topological polar surface area (TPSA) is 61.4 Å². The molecule has 16 heavy (non-hydrogen) atoms. The van der Waals surface area contributed by atoms with Crippen LogP contribution in [0.2, 0.25) is 0 Å². The Hall–Kier alpha value is -1.10. The van der Waals surface area contributed by atoms with Crippen molar-refractivity contribution in [1.29, 1.82) is 0 Å². The van der Waals surface area contributed by atoms with Gasteiger partial charge in [0, 0.05) is 20.1 Å². The highest BCUT2D eigenvalue weighted by Crippen LogP contribution is 1.94. The fourth-order valence-corrected chi connectivity index (χ4v) is 1.21. The lowest BCUT2D eigenvalue weighted by Gasteiger charge is -2.15. The molecule has 0 aliphatic heterocycles. The van der Waals surface area contributed by atoms with Gasteiger partial charge in [-0.1, -0.05) is 13.8 Å². The van der Waals surface area contributed by atoms with Crippen LogP contribution in [0.4, 0.5) is 0 Å². The molecule has 0 aliphatic carbocycles. The third-order valence-electron chi connectivity index (χ3n) is 2.41. The van der Waals surface area contributed by atoms with Gasteiger partial charge < -0.3 is 10.2 Å². The second-order valence-corrected chi connectivity index (χ2v) is 3.97. The number of likely N-dealkylation sites (N-methyl/N-ethyl adjacent to an activating group) is 1. The molecule has 5 heteroatoms. The van der Waals surface area contributed by atoms with E-state index in [-0.39, 0.29) is 30.9 Å². The Morgan fingerprint density at radius 3 is 2.12 bits per heavy atom. The molecular formula is C11H23N3O2. The first-order valence-electron chi connectivity index (χ1n) is 5.71. The number of nitrogens with zero attached hydrogens (tertiary/aromatic N) is 1. The van der Waals surface area contributed by atoms with Gasteiger partial charge >= 0.3 is 0 Å². The lowest BCUT2D eigenvalue weighted by Crippen LogP contribution is -2.42. The van der Waals surface area contributed by atoms with E-state index < -0.39 is 0 Å². The SMILES string of the molecule is CCC(CC)NC(=O)CNCC(=O)N(C)C. The van der Waals surface area contributed by atoms with Crippen LogP contribution in [0.25, 0.3) is 0 Å². The van der Waals surface area contributed by atoms with Gasteiger partial charge in [-0.3, -0.25) is 14.9 Å². The molecule has 94 valence electrons. The molecule has 0 saturated carbocycles. The third-order valence-corrected chi connectivity index (χ3v) is 2.41. The Balaban J connectivity index is 3.69. The van der Waals surface area contributed by atoms with E-state index in [1.807, 2.05) is 13.8 Å². The van der Waals surface area contributed by atoms with Crippen LogP contribution in [0.5, 0.6) is 0 Å². The number of rotatable bonds is 7. The molecule has 0 aromatic heterocycles. The van der Waals surface area contributed by atoms with Gasteiger partial charge in [0.25, 0.3) is 0 Å². The molecule has 0 bridgehead atoms. The number of nitrogens with one attached hydrogen (secondary N) is 2. The van der Waals surface area contributed by atoms with Gasteiger partial charge in [-0.2, -0.15) is 0 Å². The van der Waals surface area contributed by atoms with Crippen LogP contribution in [0.3, 0.4) is 0 Å². The number of hydrogen-bond acceptors (Lipinski definition) is 3. The fraction of sp³-hybridized carbons (Fsp3) is 0.818. The summed E-state index contributed by atoms with van der Waals surface area (Å²) < 4.78 is 0. The fourth-order valence-electron chi connectivity index (χ4n) is 1.21. The molecule has 0 rings (SSSR count). The van der Waals surface area contributed by atoms with E-state index in [1.54, 1.807) is 14.1 Å². The van der Waals surface area contributed by atoms with Gasteiger partial charge in [0.1, 0.15) is 0 Å². The maximum atomic E-state index is 11.4. The summed E-state index contributed by atoms with van der Waals surface area (Å²) in [7, 11) is 3.38. The molecule has 0 atom stereocenters. The van der Waals surface area contributed by atoms with Crippen molar-refractivity contribution < 1.29 is 9.59 Å². The minimum Gasteiger partial charge on any atom is -0.352 e. The highest BCUT2D eigenvalue weighted by molar-refractivity contribution is 5.81. The number of hydrogen-bond donors (Lipinski definition) is 2. The maximum absolute atomic E-state index is 11.4. The predicted molar refractivity (Wildman–Crippen MR) is 64.1 cm³/mol. The summed E-state index contributed by atoms with van der Waals surface area (Å²) in [5, 5.41) is 5.71. The number of carbonyl (C=O) groups is 2. The van der Waals surface area contributed by atoms with Crippen molar-refractivity contribution >= 4 is 11.8 Å². The predicted octanol–water partition coefficient (Wildman–Crippen LogP) is -0.0310. The molecule has 2 N–H and O–H groups in total. The summed E-state index contributed by atoms with van der Waals surface area (Å²) in [6.45, 7) is 4.47. The van der Waals surface area contributed by atoms with Crippen LogP contribution in [0, 0.1) is 0 Å². The Morgan fingerprint density at radius 1 is 1.12 bits per heavy atom. The van der Waals surface area contributed by atoms with E-state index in [4.69, 9.17) is 0 Å². The lowest BCUT2D eigenvalue weighted by atomic mass is 10.2. The molecule has 5 nitrogen and oxygen atoms in total. The minimum atomic E-state index is -0.0553. The zero-order valence-corrected chi connectivity index (χ0v) is 10.7. The zero-order chi connectivity index (χ0) is 12.6. The quantitative estimate of drug-likeness (QED) is 0.644. The molecular weight excluding hydrogens is 206 g/mol. The lowest BCUT2D eigenvalue weighted by molar-refractivity contribution is -0.127. The van der Waals surface area contributed by atoms with Crippen molar-refractivity contribution in [2.75, 3.05) is 27.2 Å². The van der Waals surface area contributed by atoms with Crippen molar-refractivity contribution in [1.82, 2.24) is 15.5 Å². The van der Waals surface area contributed by atoms with Crippen LogP contribution in [0.15, 0.2) is 0 Å². The average Bonchev–Trinajstić information content (AvgIpc) is 2.25. The van der Waals surface area contributed by atoms with Crippen LogP contribution in [-0.2, 0) is 9.59 Å². The zero-order valence-electron chi connectivity index (χ0n) is 10.7. The van der Waals surface area contributed by atoms with Crippen LogP contribution >= 0.6 is 0 Å². The van der Waals surface area contributed by atoms with Crippen LogP contribution in [0.1, 0.15) is 26.7 Å². The molecule has 0 aromatic carbocycles. The Morgan fingerprint density at radius 2 is 1.69 bits per heavy atom. The first-order valence-corrected chi connectivity index (χ1v) is 5.71. The molecule has 0 spiro atoms. The third kappa shape index (κ3) is 6.40. The summed E-state index contributed by atoms with van der Waals surface area (Å²) in [5.41, 5.74) is 0. The van der Waals surface area contributed by atoms with Crippen molar-refractivity contribution in [2.24, 2.45) is 0 Å². The molecule has 0 heterocycles. The van der Waals surface area contributed by atoms with Crippen molar-refractivity contribution in [3.63, 3.8) is 0 Å². The van der Waals surface area contributed by atoms with Gasteiger partial charge in [-0.15, -0.1) is 0 Å². The average molecular weight is 229 g/mol. The molecule has 2 amide bonds. The van der Waals surface area contributed by atoms with Crippen molar-refractivity contribution in [3.8, 4) is 0 Å². The van der Waals surface area contributed by atoms with E-state index >= 15 is 0 Å². The minimum absolute atomic E-state index is 0.0321. The first kappa shape index (κ1) is 14.9. The second kappa shape index (κ2) is 8.10. The van der Waals surface area contributed by atoms with Gasteiger partial charge in [0.15, 0.2) is 0 Å². The van der Waals surface area contributed by atoms with E-state index in [0.29, 0.717) is 0 Å². The van der Waals surface area contributed by atoms with Gasteiger partial charge in [0.05, 0.1) is 13.1 Å². The summed E-state index contributed by atoms with van der Waals surface area (Å²) in [5.74, 6) is -0.0874. The van der Waals surface area contributed by atoms with Crippen molar-refractivity contribution in [2.45, 2.75) is 32.7 Å². The van der Waals surface area contributed by atoms with E-state index in [0.717, 1.165) is 12.8 Å². The van der Waals surface area contributed by atoms with E-state index in [2.05, 4.69) is 10.6 Å². The molecule has 0 fully saturated rings. The van der Waals surface area contributed by atoms with E-state index in [9.17, 15) is 9.59 Å². The summed E-state index contributed by atoms with van der Waals surface area (Å²) in [4.78, 5) is 24.1. The second-order valence-electron chi connectivity index (χ2n) is 3.97. The van der Waals surface area contributed by atoms with E-state index in [1.165, 1.54) is 4.90 Å². The number of amides is 2.